The van der Waals surface area contributed by atoms with E-state index >= 15 is 0 Å². The second-order valence-corrected chi connectivity index (χ2v) is 11.2. The van der Waals surface area contributed by atoms with Gasteiger partial charge < -0.3 is 14.8 Å². The van der Waals surface area contributed by atoms with Gasteiger partial charge in [0, 0.05) is 24.5 Å². The van der Waals surface area contributed by atoms with Crippen LogP contribution in [0, 0.1) is 5.92 Å². The number of rotatable bonds is 10. The fourth-order valence-corrected chi connectivity index (χ4v) is 5.16. The summed E-state index contributed by atoms with van der Waals surface area (Å²) in [6.45, 7) is 4.89. The number of carbonyl (C=O) groups excluding carboxylic acids is 1. The molecular weight excluding hydrogens is 448 g/mol. The average Bonchev–Trinajstić information content (AvgIpc) is 3.16. The number of hydrogen-bond donors (Lipinski definition) is 1. The van der Waals surface area contributed by atoms with Crippen molar-refractivity contribution in [2.45, 2.75) is 31.0 Å². The zero-order valence-electron chi connectivity index (χ0n) is 17.7. The average molecular weight is 475 g/mol. The van der Waals surface area contributed by atoms with Gasteiger partial charge in [-0.05, 0) is 36.6 Å². The Morgan fingerprint density at radius 1 is 1.27 bits per heavy atom. The molecule has 0 aliphatic rings. The third-order valence-corrected chi connectivity index (χ3v) is 7.88. The van der Waals surface area contributed by atoms with Gasteiger partial charge in [0.25, 0.3) is 15.9 Å². The minimum atomic E-state index is -3.49. The first-order chi connectivity index (χ1) is 14.1. The number of benzene rings is 1. The molecule has 7 nitrogen and oxygen atoms in total. The molecule has 0 saturated heterocycles. The van der Waals surface area contributed by atoms with Gasteiger partial charge in [0.1, 0.15) is 4.21 Å². The third kappa shape index (κ3) is 6.10. The number of nitrogens with one attached hydrogen (secondary N) is 1. The summed E-state index contributed by atoms with van der Waals surface area (Å²) in [5.74, 6) is 0.930. The van der Waals surface area contributed by atoms with Gasteiger partial charge in [0.05, 0.1) is 25.3 Å². The van der Waals surface area contributed by atoms with Gasteiger partial charge in [-0.15, -0.1) is 11.3 Å². The Balaban J connectivity index is 2.09. The molecule has 30 heavy (non-hydrogen) atoms. The molecule has 1 aromatic heterocycles. The quantitative estimate of drug-likeness (QED) is 0.562. The van der Waals surface area contributed by atoms with E-state index in [2.05, 4.69) is 19.2 Å². The van der Waals surface area contributed by atoms with Crippen LogP contribution < -0.4 is 14.8 Å². The Morgan fingerprint density at radius 2 is 1.97 bits per heavy atom. The van der Waals surface area contributed by atoms with Gasteiger partial charge >= 0.3 is 0 Å². The molecule has 1 N–H and O–H groups in total. The topological polar surface area (TPSA) is 84.9 Å². The van der Waals surface area contributed by atoms with Crippen molar-refractivity contribution >= 4 is 38.9 Å². The van der Waals surface area contributed by atoms with Gasteiger partial charge in [0.2, 0.25) is 0 Å². The molecule has 2 aromatic rings. The van der Waals surface area contributed by atoms with Crippen LogP contribution in [0.1, 0.15) is 35.5 Å². The van der Waals surface area contributed by atoms with E-state index in [0.717, 1.165) is 26.9 Å². The molecule has 166 valence electrons. The molecular formula is C20H27ClN2O5S2. The predicted octanol–water partition coefficient (Wildman–Crippen LogP) is 4.02. The minimum absolute atomic E-state index is 0.193. The van der Waals surface area contributed by atoms with E-state index in [0.29, 0.717) is 34.6 Å². The van der Waals surface area contributed by atoms with Crippen LogP contribution in [0.3, 0.4) is 0 Å². The normalized spacial score (nSPS) is 11.7. The number of methoxy groups -OCH3 is 1. The second kappa shape index (κ2) is 10.5. The van der Waals surface area contributed by atoms with Crippen molar-refractivity contribution in [2.75, 3.05) is 27.8 Å². The molecule has 0 bridgehead atoms. The zero-order valence-corrected chi connectivity index (χ0v) is 20.1. The van der Waals surface area contributed by atoms with Crippen LogP contribution >= 0.6 is 22.9 Å². The molecule has 0 spiro atoms. The molecule has 1 heterocycles. The summed E-state index contributed by atoms with van der Waals surface area (Å²) in [5.41, 5.74) is 0.325. The summed E-state index contributed by atoms with van der Waals surface area (Å²) < 4.78 is 36.8. The van der Waals surface area contributed by atoms with Crippen molar-refractivity contribution in [3.8, 4) is 11.5 Å². The highest BCUT2D eigenvalue weighted by Crippen LogP contribution is 2.36. The highest BCUT2D eigenvalue weighted by atomic mass is 35.5. The van der Waals surface area contributed by atoms with Crippen molar-refractivity contribution in [1.29, 1.82) is 0 Å². The Bertz CT molecular complexity index is 987. The van der Waals surface area contributed by atoms with Crippen LogP contribution in [0.2, 0.25) is 5.02 Å². The fraction of sp³-hybridized carbons (Fsp3) is 0.450. The van der Waals surface area contributed by atoms with Crippen LogP contribution in [0.4, 0.5) is 0 Å². The first-order valence-electron chi connectivity index (χ1n) is 9.36. The Hall–Kier alpha value is -1.81. The van der Waals surface area contributed by atoms with Crippen molar-refractivity contribution in [1.82, 2.24) is 9.62 Å². The van der Waals surface area contributed by atoms with Gasteiger partial charge in [-0.2, -0.15) is 0 Å². The largest absolute Gasteiger partial charge is 0.493 e. The molecule has 0 aliphatic carbocycles. The Labute approximate surface area is 187 Å². The van der Waals surface area contributed by atoms with E-state index in [1.54, 1.807) is 12.1 Å². The van der Waals surface area contributed by atoms with E-state index < -0.39 is 10.0 Å². The van der Waals surface area contributed by atoms with Crippen molar-refractivity contribution in [3.63, 3.8) is 0 Å². The molecule has 1 aromatic carbocycles. The van der Waals surface area contributed by atoms with Crippen molar-refractivity contribution < 1.29 is 22.7 Å². The van der Waals surface area contributed by atoms with E-state index in [9.17, 15) is 13.2 Å². The zero-order chi connectivity index (χ0) is 22.5. The number of carbonyl (C=O) groups is 1. The molecule has 0 fully saturated rings. The summed E-state index contributed by atoms with van der Waals surface area (Å²) in [7, 11) is 0.951. The first kappa shape index (κ1) is 24.5. The first-order valence-corrected chi connectivity index (χ1v) is 12.0. The van der Waals surface area contributed by atoms with Crippen LogP contribution in [0.25, 0.3) is 0 Å². The number of hydrogen-bond acceptors (Lipinski definition) is 6. The molecule has 10 heteroatoms. The lowest BCUT2D eigenvalue weighted by Gasteiger charge is -2.15. The number of sulfonamides is 1. The maximum atomic E-state index is 12.6. The monoisotopic (exact) mass is 474 g/mol. The standard InChI is InChI=1S/C20H27ClN2O5S2/c1-13(2)8-9-28-19-16(21)10-14(11-17(19)27-5)20(24)22-12-15-6-7-18(29-15)30(25,26)23(3)4/h6-7,10-11,13H,8-9,12H2,1-5H3,(H,22,24). The van der Waals surface area contributed by atoms with Crippen LogP contribution in [-0.4, -0.2) is 46.4 Å². The van der Waals surface area contributed by atoms with Crippen molar-refractivity contribution in [2.24, 2.45) is 5.92 Å². The lowest BCUT2D eigenvalue weighted by atomic mass is 10.1. The number of amides is 1. The van der Waals surface area contributed by atoms with Gasteiger partial charge in [-0.1, -0.05) is 25.4 Å². The number of thiophene rings is 1. The summed E-state index contributed by atoms with van der Waals surface area (Å²) in [4.78, 5) is 13.3. The van der Waals surface area contributed by atoms with Gasteiger partial charge in [0.15, 0.2) is 11.5 Å². The molecule has 0 unspecified atom stereocenters. The number of ether oxygens (including phenoxy) is 2. The van der Waals surface area contributed by atoms with E-state index in [-0.39, 0.29) is 16.7 Å². The summed E-state index contributed by atoms with van der Waals surface area (Å²) in [6.07, 6.45) is 0.869. The molecule has 0 atom stereocenters. The molecule has 1 amide bonds. The smallest absolute Gasteiger partial charge is 0.252 e. The molecule has 0 radical (unpaired) electrons. The summed E-state index contributed by atoms with van der Waals surface area (Å²) >= 11 is 7.43. The summed E-state index contributed by atoms with van der Waals surface area (Å²) in [5, 5.41) is 3.06. The highest BCUT2D eigenvalue weighted by Gasteiger charge is 2.20. The van der Waals surface area contributed by atoms with E-state index in [4.69, 9.17) is 21.1 Å². The third-order valence-electron chi connectivity index (χ3n) is 4.23. The lowest BCUT2D eigenvalue weighted by Crippen LogP contribution is -2.22. The van der Waals surface area contributed by atoms with Gasteiger partial charge in [-0.25, -0.2) is 12.7 Å². The highest BCUT2D eigenvalue weighted by molar-refractivity contribution is 7.91. The van der Waals surface area contributed by atoms with E-state index in [1.807, 2.05) is 0 Å². The summed E-state index contributed by atoms with van der Waals surface area (Å²) in [6, 6.07) is 6.31. The molecule has 0 aliphatic heterocycles. The lowest BCUT2D eigenvalue weighted by molar-refractivity contribution is 0.0951. The van der Waals surface area contributed by atoms with E-state index in [1.165, 1.54) is 33.3 Å². The van der Waals surface area contributed by atoms with Crippen LogP contribution in [0.15, 0.2) is 28.5 Å². The van der Waals surface area contributed by atoms with Crippen molar-refractivity contribution in [3.05, 3.63) is 39.7 Å². The SMILES string of the molecule is COc1cc(C(=O)NCc2ccc(S(=O)(=O)N(C)C)s2)cc(Cl)c1OCCC(C)C. The maximum absolute atomic E-state index is 12.6. The Kier molecular flexibility index (Phi) is 8.54. The van der Waals surface area contributed by atoms with Crippen LogP contribution in [-0.2, 0) is 16.6 Å². The number of nitrogens with zero attached hydrogens (tertiary/aromatic N) is 1. The minimum Gasteiger partial charge on any atom is -0.493 e. The number of halogens is 1. The molecule has 0 saturated carbocycles. The Morgan fingerprint density at radius 3 is 2.57 bits per heavy atom. The second-order valence-electron chi connectivity index (χ2n) is 7.21. The fourth-order valence-electron chi connectivity index (χ4n) is 2.43. The predicted molar refractivity (Wildman–Crippen MR) is 119 cm³/mol. The molecule has 2 rings (SSSR count). The van der Waals surface area contributed by atoms with Gasteiger partial charge in [-0.3, -0.25) is 4.79 Å². The van der Waals surface area contributed by atoms with Crippen LogP contribution in [0.5, 0.6) is 11.5 Å². The maximum Gasteiger partial charge on any atom is 0.252 e.